The fraction of sp³-hybridized carbons (Fsp3) is 0.556. The number of amides is 3. The van der Waals surface area contributed by atoms with Crippen LogP contribution in [0, 0.1) is 5.92 Å². The first kappa shape index (κ1) is 20.2. The molecule has 28 heavy (non-hydrogen) atoms. The minimum absolute atomic E-state index is 0.0656. The van der Waals surface area contributed by atoms with Crippen LogP contribution in [0.5, 0.6) is 11.5 Å². The molecule has 3 rings (SSSR count). The zero-order chi connectivity index (χ0) is 20.3. The lowest BCUT2D eigenvalue weighted by Gasteiger charge is -2.23. The van der Waals surface area contributed by atoms with E-state index in [9.17, 15) is 18.0 Å². The zero-order valence-corrected chi connectivity index (χ0v) is 16.7. The molecule has 154 valence electrons. The highest BCUT2D eigenvalue weighted by Crippen LogP contribution is 2.32. The summed E-state index contributed by atoms with van der Waals surface area (Å²) in [7, 11) is -3.09. The van der Waals surface area contributed by atoms with E-state index < -0.39 is 28.0 Å². The maximum absolute atomic E-state index is 12.7. The van der Waals surface area contributed by atoms with Gasteiger partial charge in [0.1, 0.15) is 19.3 Å². The van der Waals surface area contributed by atoms with Gasteiger partial charge in [-0.25, -0.2) is 13.2 Å². The zero-order valence-electron chi connectivity index (χ0n) is 15.9. The quantitative estimate of drug-likeness (QED) is 0.662. The molecule has 0 aromatic heterocycles. The van der Waals surface area contributed by atoms with Crippen molar-refractivity contribution in [1.82, 2.24) is 10.6 Å². The molecule has 2 heterocycles. The molecule has 9 nitrogen and oxygen atoms in total. The molecule has 2 atom stereocenters. The van der Waals surface area contributed by atoms with Crippen molar-refractivity contribution in [3.8, 4) is 11.5 Å². The first-order chi connectivity index (χ1) is 13.2. The molecule has 3 N–H and O–H groups in total. The van der Waals surface area contributed by atoms with E-state index in [1.165, 1.54) is 0 Å². The summed E-state index contributed by atoms with van der Waals surface area (Å²) in [6, 6.07) is 3.32. The lowest BCUT2D eigenvalue weighted by Crippen LogP contribution is -2.52. The Bertz CT molecular complexity index is 855. The Labute approximate surface area is 164 Å². The van der Waals surface area contributed by atoms with Gasteiger partial charge in [-0.1, -0.05) is 13.8 Å². The Balaban J connectivity index is 1.60. The second-order valence-electron chi connectivity index (χ2n) is 7.29. The van der Waals surface area contributed by atoms with Gasteiger partial charge in [0.2, 0.25) is 5.91 Å². The van der Waals surface area contributed by atoms with E-state index in [1.807, 2.05) is 13.8 Å². The average Bonchev–Trinajstić information content (AvgIpc) is 2.97. The molecule has 0 saturated carbocycles. The number of rotatable bonds is 5. The van der Waals surface area contributed by atoms with Crippen molar-refractivity contribution in [3.05, 3.63) is 18.2 Å². The van der Waals surface area contributed by atoms with Gasteiger partial charge < -0.3 is 25.4 Å². The summed E-state index contributed by atoms with van der Waals surface area (Å²) >= 11 is 0. The molecule has 1 aromatic carbocycles. The third-order valence-electron chi connectivity index (χ3n) is 4.61. The molecule has 3 amide bonds. The van der Waals surface area contributed by atoms with Gasteiger partial charge in [-0.05, 0) is 24.5 Å². The lowest BCUT2D eigenvalue weighted by atomic mass is 10.0. The maximum atomic E-state index is 12.7. The number of sulfone groups is 1. The Hall–Kier alpha value is -2.49. The second kappa shape index (κ2) is 8.26. The first-order valence-electron chi connectivity index (χ1n) is 9.21. The molecule has 2 aliphatic rings. The maximum Gasteiger partial charge on any atom is 0.315 e. The lowest BCUT2D eigenvalue weighted by molar-refractivity contribution is -0.118. The van der Waals surface area contributed by atoms with Gasteiger partial charge in [0.15, 0.2) is 21.3 Å². The van der Waals surface area contributed by atoms with Crippen LogP contribution in [0.15, 0.2) is 18.2 Å². The molecule has 0 radical (unpaired) electrons. The minimum atomic E-state index is -3.09. The number of urea groups is 1. The van der Waals surface area contributed by atoms with Gasteiger partial charge in [0.05, 0.1) is 11.5 Å². The molecule has 1 fully saturated rings. The highest BCUT2D eigenvalue weighted by atomic mass is 32.2. The fourth-order valence-corrected chi connectivity index (χ4v) is 4.83. The number of nitrogens with one attached hydrogen (secondary N) is 3. The van der Waals surface area contributed by atoms with Crippen LogP contribution in [0.3, 0.4) is 0 Å². The van der Waals surface area contributed by atoms with Crippen LogP contribution in [0.2, 0.25) is 0 Å². The fourth-order valence-electron chi connectivity index (χ4n) is 3.15. The van der Waals surface area contributed by atoms with Crippen LogP contribution in [0.25, 0.3) is 0 Å². The molecule has 1 aromatic rings. The van der Waals surface area contributed by atoms with E-state index in [0.29, 0.717) is 36.8 Å². The number of carbonyl (C=O) groups excluding carboxylic acids is 2. The monoisotopic (exact) mass is 411 g/mol. The van der Waals surface area contributed by atoms with Crippen molar-refractivity contribution >= 4 is 27.5 Å². The van der Waals surface area contributed by atoms with Gasteiger partial charge in [-0.2, -0.15) is 0 Å². The Morgan fingerprint density at radius 3 is 2.50 bits per heavy atom. The summed E-state index contributed by atoms with van der Waals surface area (Å²) in [6.07, 6.45) is 0.380. The van der Waals surface area contributed by atoms with E-state index >= 15 is 0 Å². The molecule has 2 aliphatic heterocycles. The summed E-state index contributed by atoms with van der Waals surface area (Å²) in [5, 5.41) is 8.05. The SMILES string of the molecule is CC(C)[C@H](NC(=O)NC1CCS(=O)(=O)C1)C(=O)Nc1ccc2c(c1)OCCO2. The van der Waals surface area contributed by atoms with Crippen LogP contribution in [0.4, 0.5) is 10.5 Å². The van der Waals surface area contributed by atoms with Crippen molar-refractivity contribution < 1.29 is 27.5 Å². The third kappa shape index (κ3) is 5.06. The number of hydrogen-bond donors (Lipinski definition) is 3. The summed E-state index contributed by atoms with van der Waals surface area (Å²) in [6.45, 7) is 4.55. The van der Waals surface area contributed by atoms with Crippen LogP contribution in [-0.4, -0.2) is 57.2 Å². The molecule has 0 spiro atoms. The number of carbonyl (C=O) groups is 2. The van der Waals surface area contributed by atoms with Gasteiger partial charge in [0.25, 0.3) is 0 Å². The standard InChI is InChI=1S/C18H25N3O6S/c1-11(2)16(21-18(23)20-13-5-8-28(24,25)10-13)17(22)19-12-3-4-14-15(9-12)27-7-6-26-14/h3-4,9,11,13,16H,5-8,10H2,1-2H3,(H,19,22)(H2,20,21,23)/t13?,16-/m0/s1. The number of benzene rings is 1. The molecule has 10 heteroatoms. The van der Waals surface area contributed by atoms with E-state index in [0.717, 1.165) is 0 Å². The summed E-state index contributed by atoms with van der Waals surface area (Å²) in [5.74, 6) is 0.620. The van der Waals surface area contributed by atoms with Crippen LogP contribution in [-0.2, 0) is 14.6 Å². The molecular weight excluding hydrogens is 386 g/mol. The smallest absolute Gasteiger partial charge is 0.315 e. The van der Waals surface area contributed by atoms with Crippen LogP contribution in [0.1, 0.15) is 20.3 Å². The molecule has 1 unspecified atom stereocenters. The Kier molecular flexibility index (Phi) is 5.97. The molecule has 0 bridgehead atoms. The Morgan fingerprint density at radius 2 is 1.86 bits per heavy atom. The van der Waals surface area contributed by atoms with Crippen molar-refractivity contribution in [2.24, 2.45) is 5.92 Å². The number of fused-ring (bicyclic) bond motifs is 1. The minimum Gasteiger partial charge on any atom is -0.486 e. The summed E-state index contributed by atoms with van der Waals surface area (Å²) in [4.78, 5) is 24.9. The average molecular weight is 411 g/mol. The second-order valence-corrected chi connectivity index (χ2v) is 9.52. The third-order valence-corrected chi connectivity index (χ3v) is 6.38. The number of ether oxygens (including phenoxy) is 2. The molecular formula is C18H25N3O6S. The van der Waals surface area contributed by atoms with Crippen LogP contribution >= 0.6 is 0 Å². The van der Waals surface area contributed by atoms with Crippen LogP contribution < -0.4 is 25.4 Å². The van der Waals surface area contributed by atoms with E-state index in [4.69, 9.17) is 9.47 Å². The van der Waals surface area contributed by atoms with Crippen molar-refractivity contribution in [3.63, 3.8) is 0 Å². The van der Waals surface area contributed by atoms with E-state index in [-0.39, 0.29) is 23.3 Å². The normalized spacial score (nSPS) is 21.0. The highest BCUT2D eigenvalue weighted by Gasteiger charge is 2.31. The number of anilines is 1. The van der Waals surface area contributed by atoms with Gasteiger partial charge >= 0.3 is 6.03 Å². The van der Waals surface area contributed by atoms with Crippen molar-refractivity contribution in [2.75, 3.05) is 30.0 Å². The highest BCUT2D eigenvalue weighted by molar-refractivity contribution is 7.91. The summed E-state index contributed by atoms with van der Waals surface area (Å²) in [5.41, 5.74) is 0.531. The molecule has 1 saturated heterocycles. The predicted molar refractivity (Wildman–Crippen MR) is 103 cm³/mol. The predicted octanol–water partition coefficient (Wildman–Crippen LogP) is 0.907. The number of hydrogen-bond acceptors (Lipinski definition) is 6. The topological polar surface area (TPSA) is 123 Å². The van der Waals surface area contributed by atoms with E-state index in [2.05, 4.69) is 16.0 Å². The first-order valence-corrected chi connectivity index (χ1v) is 11.0. The Morgan fingerprint density at radius 1 is 1.14 bits per heavy atom. The van der Waals surface area contributed by atoms with E-state index in [1.54, 1.807) is 18.2 Å². The largest absolute Gasteiger partial charge is 0.486 e. The van der Waals surface area contributed by atoms with Crippen molar-refractivity contribution in [2.45, 2.75) is 32.4 Å². The molecule has 0 aliphatic carbocycles. The van der Waals surface area contributed by atoms with Gasteiger partial charge in [-0.15, -0.1) is 0 Å². The van der Waals surface area contributed by atoms with Crippen molar-refractivity contribution in [1.29, 1.82) is 0 Å². The summed E-state index contributed by atoms with van der Waals surface area (Å²) < 4.78 is 34.0. The van der Waals surface area contributed by atoms with Gasteiger partial charge in [0, 0.05) is 17.8 Å². The van der Waals surface area contributed by atoms with Gasteiger partial charge in [-0.3, -0.25) is 4.79 Å².